The summed E-state index contributed by atoms with van der Waals surface area (Å²) in [5.74, 6) is 0.928. The molecule has 2 heterocycles. The van der Waals surface area contributed by atoms with Crippen molar-refractivity contribution in [3.63, 3.8) is 0 Å². The third-order valence-electron chi connectivity index (χ3n) is 4.56. The number of amides is 1. The minimum atomic E-state index is -0.125. The lowest BCUT2D eigenvalue weighted by atomic mass is 9.97. The zero-order valence-corrected chi connectivity index (χ0v) is 13.1. The number of aromatic nitrogens is 1. The van der Waals surface area contributed by atoms with Crippen LogP contribution >= 0.6 is 0 Å². The summed E-state index contributed by atoms with van der Waals surface area (Å²) >= 11 is 0. The quantitative estimate of drug-likeness (QED) is 0.821. The zero-order valence-electron chi connectivity index (χ0n) is 13.1. The van der Waals surface area contributed by atoms with Crippen LogP contribution in [-0.2, 0) is 0 Å². The standard InChI is InChI=1S/C17H25N3O2/c21-16(19-11-6-13-4-2-1-3-5-13)15-12-22-17(20-15)14-7-9-18-10-8-14/h4,12,14,18H,1-3,5-11H2,(H,19,21). The number of nitrogens with zero attached hydrogens (tertiary/aromatic N) is 1. The van der Waals surface area contributed by atoms with Crippen molar-refractivity contribution >= 4 is 5.91 Å². The molecule has 2 aliphatic rings. The number of hydrogen-bond acceptors (Lipinski definition) is 4. The van der Waals surface area contributed by atoms with Crippen molar-refractivity contribution in [2.24, 2.45) is 0 Å². The van der Waals surface area contributed by atoms with Crippen molar-refractivity contribution in [2.45, 2.75) is 50.9 Å². The van der Waals surface area contributed by atoms with E-state index in [-0.39, 0.29) is 5.91 Å². The molecule has 2 N–H and O–H groups in total. The van der Waals surface area contributed by atoms with Gasteiger partial charge in [0, 0.05) is 12.5 Å². The number of allylic oxidation sites excluding steroid dienone is 1. The van der Waals surface area contributed by atoms with E-state index >= 15 is 0 Å². The van der Waals surface area contributed by atoms with Gasteiger partial charge in [-0.2, -0.15) is 0 Å². The Morgan fingerprint density at radius 3 is 3.00 bits per heavy atom. The average Bonchev–Trinajstić information content (AvgIpc) is 3.07. The molecule has 0 bridgehead atoms. The molecule has 1 aliphatic heterocycles. The van der Waals surface area contributed by atoms with Crippen LogP contribution in [-0.4, -0.2) is 30.5 Å². The molecule has 3 rings (SSSR count). The van der Waals surface area contributed by atoms with Gasteiger partial charge in [0.2, 0.25) is 0 Å². The third-order valence-corrected chi connectivity index (χ3v) is 4.56. The molecule has 0 aromatic carbocycles. The van der Waals surface area contributed by atoms with Gasteiger partial charge < -0.3 is 15.1 Å². The number of piperidine rings is 1. The van der Waals surface area contributed by atoms with E-state index < -0.39 is 0 Å². The molecule has 1 fully saturated rings. The molecule has 0 saturated carbocycles. The van der Waals surface area contributed by atoms with Gasteiger partial charge in [-0.05, 0) is 58.0 Å². The van der Waals surface area contributed by atoms with Gasteiger partial charge in [0.25, 0.3) is 5.91 Å². The first-order chi connectivity index (χ1) is 10.8. The van der Waals surface area contributed by atoms with Crippen LogP contribution in [0.3, 0.4) is 0 Å². The van der Waals surface area contributed by atoms with Crippen molar-refractivity contribution in [2.75, 3.05) is 19.6 Å². The Balaban J connectivity index is 1.47. The van der Waals surface area contributed by atoms with E-state index in [4.69, 9.17) is 4.42 Å². The van der Waals surface area contributed by atoms with Gasteiger partial charge >= 0.3 is 0 Å². The van der Waals surface area contributed by atoms with Crippen molar-refractivity contribution in [3.8, 4) is 0 Å². The van der Waals surface area contributed by atoms with Crippen LogP contribution in [0.5, 0.6) is 0 Å². The van der Waals surface area contributed by atoms with Crippen LogP contribution in [0.15, 0.2) is 22.3 Å². The van der Waals surface area contributed by atoms with Crippen LogP contribution < -0.4 is 10.6 Å². The Kier molecular flexibility index (Phi) is 5.27. The smallest absolute Gasteiger partial charge is 0.273 e. The second-order valence-electron chi connectivity index (χ2n) is 6.21. The molecule has 1 amide bonds. The van der Waals surface area contributed by atoms with Gasteiger partial charge in [-0.3, -0.25) is 4.79 Å². The van der Waals surface area contributed by atoms with Crippen LogP contribution in [0.25, 0.3) is 0 Å². The number of rotatable bonds is 5. The molecule has 1 aliphatic carbocycles. The number of carbonyl (C=O) groups excluding carboxylic acids is 1. The highest BCUT2D eigenvalue weighted by atomic mass is 16.3. The molecule has 1 aromatic rings. The number of carbonyl (C=O) groups is 1. The Labute approximate surface area is 131 Å². The highest BCUT2D eigenvalue weighted by molar-refractivity contribution is 5.91. The van der Waals surface area contributed by atoms with E-state index in [0.29, 0.717) is 24.0 Å². The second-order valence-corrected chi connectivity index (χ2v) is 6.21. The van der Waals surface area contributed by atoms with Gasteiger partial charge in [-0.25, -0.2) is 4.98 Å². The molecule has 5 heteroatoms. The Bertz CT molecular complexity index is 530. The first-order valence-electron chi connectivity index (χ1n) is 8.45. The predicted molar refractivity (Wildman–Crippen MR) is 84.8 cm³/mol. The molecule has 1 saturated heterocycles. The van der Waals surface area contributed by atoms with Gasteiger partial charge in [0.05, 0.1) is 0 Å². The summed E-state index contributed by atoms with van der Waals surface area (Å²) in [6, 6.07) is 0. The number of nitrogens with one attached hydrogen (secondary N) is 2. The highest BCUT2D eigenvalue weighted by Gasteiger charge is 2.21. The van der Waals surface area contributed by atoms with Crippen molar-refractivity contribution in [3.05, 3.63) is 29.5 Å². The molecule has 0 spiro atoms. The lowest BCUT2D eigenvalue weighted by Crippen LogP contribution is -2.27. The van der Waals surface area contributed by atoms with Crippen LogP contribution in [0.1, 0.15) is 67.2 Å². The summed E-state index contributed by atoms with van der Waals surface area (Å²) in [4.78, 5) is 16.5. The molecule has 1 aromatic heterocycles. The molecular weight excluding hydrogens is 278 g/mol. The topological polar surface area (TPSA) is 67.2 Å². The maximum Gasteiger partial charge on any atom is 0.273 e. The second kappa shape index (κ2) is 7.58. The van der Waals surface area contributed by atoms with E-state index in [1.54, 1.807) is 0 Å². The lowest BCUT2D eigenvalue weighted by molar-refractivity contribution is 0.0949. The summed E-state index contributed by atoms with van der Waals surface area (Å²) in [7, 11) is 0. The molecule has 120 valence electrons. The minimum Gasteiger partial charge on any atom is -0.448 e. The average molecular weight is 303 g/mol. The van der Waals surface area contributed by atoms with E-state index in [0.717, 1.165) is 32.4 Å². The van der Waals surface area contributed by atoms with E-state index in [2.05, 4.69) is 21.7 Å². The summed E-state index contributed by atoms with van der Waals surface area (Å²) in [6.45, 7) is 2.66. The normalized spacial score (nSPS) is 19.7. The number of hydrogen-bond donors (Lipinski definition) is 2. The summed E-state index contributed by atoms with van der Waals surface area (Å²) in [5, 5.41) is 6.27. The van der Waals surface area contributed by atoms with Gasteiger partial charge in [-0.1, -0.05) is 11.6 Å². The summed E-state index contributed by atoms with van der Waals surface area (Å²) in [5.41, 5.74) is 1.88. The first kappa shape index (κ1) is 15.3. The Morgan fingerprint density at radius 1 is 1.36 bits per heavy atom. The first-order valence-corrected chi connectivity index (χ1v) is 8.45. The van der Waals surface area contributed by atoms with Gasteiger partial charge in [0.15, 0.2) is 11.6 Å². The molecule has 22 heavy (non-hydrogen) atoms. The van der Waals surface area contributed by atoms with Crippen molar-refractivity contribution in [1.29, 1.82) is 0 Å². The van der Waals surface area contributed by atoms with Gasteiger partial charge in [0.1, 0.15) is 6.26 Å². The Hall–Kier alpha value is -1.62. The highest BCUT2D eigenvalue weighted by Crippen LogP contribution is 2.24. The molecule has 5 nitrogen and oxygen atoms in total. The maximum atomic E-state index is 12.1. The molecule has 0 atom stereocenters. The maximum absolute atomic E-state index is 12.1. The Morgan fingerprint density at radius 2 is 2.23 bits per heavy atom. The fraction of sp³-hybridized carbons (Fsp3) is 0.647. The van der Waals surface area contributed by atoms with Crippen molar-refractivity contribution in [1.82, 2.24) is 15.6 Å². The fourth-order valence-electron chi connectivity index (χ4n) is 3.21. The third kappa shape index (κ3) is 3.97. The van der Waals surface area contributed by atoms with E-state index in [1.807, 2.05) is 0 Å². The SMILES string of the molecule is O=C(NCCC1=CCCCC1)c1coc(C2CCNCC2)n1. The van der Waals surface area contributed by atoms with Crippen LogP contribution in [0.2, 0.25) is 0 Å². The zero-order chi connectivity index (χ0) is 15.2. The van der Waals surface area contributed by atoms with E-state index in [9.17, 15) is 4.79 Å². The van der Waals surface area contributed by atoms with Crippen LogP contribution in [0, 0.1) is 0 Å². The molecule has 0 unspecified atom stereocenters. The molecular formula is C17H25N3O2. The van der Waals surface area contributed by atoms with Gasteiger partial charge in [-0.15, -0.1) is 0 Å². The van der Waals surface area contributed by atoms with Crippen LogP contribution in [0.4, 0.5) is 0 Å². The monoisotopic (exact) mass is 303 g/mol. The predicted octanol–water partition coefficient (Wildman–Crippen LogP) is 2.76. The van der Waals surface area contributed by atoms with E-state index in [1.165, 1.54) is 37.5 Å². The summed E-state index contributed by atoms with van der Waals surface area (Å²) in [6.07, 6.45) is 11.8. The summed E-state index contributed by atoms with van der Waals surface area (Å²) < 4.78 is 5.51. The van der Waals surface area contributed by atoms with Crippen molar-refractivity contribution < 1.29 is 9.21 Å². The largest absolute Gasteiger partial charge is 0.448 e. The fourth-order valence-corrected chi connectivity index (χ4v) is 3.21. The minimum absolute atomic E-state index is 0.125. The number of oxazole rings is 1. The lowest BCUT2D eigenvalue weighted by Gasteiger charge is -2.19. The molecule has 0 radical (unpaired) electrons.